The maximum Gasteiger partial charge on any atom is 0.260 e. The van der Waals surface area contributed by atoms with Crippen LogP contribution in [0.15, 0.2) is 39.2 Å². The summed E-state index contributed by atoms with van der Waals surface area (Å²) in [4.78, 5) is 25.7. The van der Waals surface area contributed by atoms with Crippen molar-refractivity contribution in [3.05, 3.63) is 39.9 Å². The number of carbonyl (C=O) groups is 1. The van der Waals surface area contributed by atoms with Crippen molar-refractivity contribution in [2.75, 3.05) is 0 Å². The lowest BCUT2D eigenvalue weighted by Gasteiger charge is -2.21. The monoisotopic (exact) mass is 327 g/mol. The highest BCUT2D eigenvalue weighted by Crippen LogP contribution is 2.25. The number of allylic oxidation sites excluding steroid dienone is 3. The fraction of sp³-hybridized carbons (Fsp3) is 0.444. The van der Waals surface area contributed by atoms with Gasteiger partial charge in [-0.15, -0.1) is 11.3 Å². The number of amidine groups is 1. The van der Waals surface area contributed by atoms with Gasteiger partial charge in [-0.1, -0.05) is 39.8 Å². The molecule has 5 heteroatoms. The average molecular weight is 327 g/mol. The maximum absolute atomic E-state index is 12.3. The lowest BCUT2D eigenvalue weighted by Crippen LogP contribution is -2.28. The minimum absolute atomic E-state index is 0.119. The molecule has 2 aliphatic rings. The summed E-state index contributed by atoms with van der Waals surface area (Å²) in [7, 11) is 0. The number of fused-ring (bicyclic) bond motifs is 1. The van der Waals surface area contributed by atoms with Crippen molar-refractivity contribution in [1.29, 1.82) is 0 Å². The molecular formula is C18H21N3OS. The van der Waals surface area contributed by atoms with Gasteiger partial charge in [-0.25, -0.2) is 9.98 Å². The Balaban J connectivity index is 1.79. The Bertz CT molecular complexity index is 750. The van der Waals surface area contributed by atoms with E-state index in [4.69, 9.17) is 0 Å². The summed E-state index contributed by atoms with van der Waals surface area (Å²) in [6.07, 6.45) is 6.51. The van der Waals surface area contributed by atoms with Crippen molar-refractivity contribution in [2.45, 2.75) is 40.0 Å². The summed E-state index contributed by atoms with van der Waals surface area (Å²) in [5, 5.41) is 3.14. The van der Waals surface area contributed by atoms with Crippen LogP contribution in [0.2, 0.25) is 0 Å². The summed E-state index contributed by atoms with van der Waals surface area (Å²) in [6, 6.07) is 0. The number of nitrogens with zero attached hydrogens (tertiary/aromatic N) is 3. The summed E-state index contributed by atoms with van der Waals surface area (Å²) in [5.74, 6) is 0.943. The largest absolute Gasteiger partial charge is 0.271 e. The zero-order valence-corrected chi connectivity index (χ0v) is 14.7. The summed E-state index contributed by atoms with van der Waals surface area (Å²) in [5.41, 5.74) is 2.90. The van der Waals surface area contributed by atoms with Gasteiger partial charge in [0, 0.05) is 11.3 Å². The standard InChI is InChI=1S/C18H21N3OS/c1-10(2)12-5-6-15-14(7-12)17(22)21-16(20-15)8-13-9-23-18(19-13)11(3)4/h5-7,9-11,14H,8H2,1-4H3. The van der Waals surface area contributed by atoms with E-state index in [9.17, 15) is 4.79 Å². The third-order valence-corrected chi connectivity index (χ3v) is 5.15. The van der Waals surface area contributed by atoms with Crippen LogP contribution in [0.3, 0.4) is 0 Å². The molecule has 0 saturated carbocycles. The first-order valence-corrected chi connectivity index (χ1v) is 8.86. The number of hydrogen-bond donors (Lipinski definition) is 0. The van der Waals surface area contributed by atoms with Crippen molar-refractivity contribution >= 4 is 28.8 Å². The van der Waals surface area contributed by atoms with Crippen molar-refractivity contribution in [3.63, 3.8) is 0 Å². The molecule has 3 rings (SSSR count). The smallest absolute Gasteiger partial charge is 0.260 e. The molecule has 0 N–H and O–H groups in total. The molecule has 1 aromatic heterocycles. The second-order valence-electron chi connectivity index (χ2n) is 6.54. The molecule has 1 aliphatic carbocycles. The fourth-order valence-corrected chi connectivity index (χ4v) is 3.42. The Kier molecular flexibility index (Phi) is 4.39. The van der Waals surface area contributed by atoms with Gasteiger partial charge < -0.3 is 0 Å². The molecule has 0 spiro atoms. The van der Waals surface area contributed by atoms with Crippen LogP contribution in [0.25, 0.3) is 0 Å². The number of aromatic nitrogens is 1. The van der Waals surface area contributed by atoms with E-state index < -0.39 is 0 Å². The van der Waals surface area contributed by atoms with Gasteiger partial charge in [-0.05, 0) is 17.6 Å². The number of carbonyl (C=O) groups excluding carboxylic acids is 1. The van der Waals surface area contributed by atoms with Gasteiger partial charge in [0.1, 0.15) is 11.8 Å². The first kappa shape index (κ1) is 16.0. The molecule has 0 fully saturated rings. The minimum atomic E-state index is -0.317. The van der Waals surface area contributed by atoms with Crippen molar-refractivity contribution in [1.82, 2.24) is 4.98 Å². The molecule has 120 valence electrons. The number of rotatable bonds is 4. The summed E-state index contributed by atoms with van der Waals surface area (Å²) < 4.78 is 0. The van der Waals surface area contributed by atoms with Gasteiger partial charge in [0.15, 0.2) is 0 Å². The highest BCUT2D eigenvalue weighted by atomic mass is 32.1. The Hall–Kier alpha value is -1.88. The Morgan fingerprint density at radius 1 is 1.13 bits per heavy atom. The first-order chi connectivity index (χ1) is 10.9. The first-order valence-electron chi connectivity index (χ1n) is 7.98. The highest BCUT2D eigenvalue weighted by Gasteiger charge is 2.28. The molecule has 0 bridgehead atoms. The Labute approximate surface area is 140 Å². The van der Waals surface area contributed by atoms with Gasteiger partial charge >= 0.3 is 0 Å². The van der Waals surface area contributed by atoms with Crippen molar-refractivity contribution < 1.29 is 4.79 Å². The molecule has 4 nitrogen and oxygen atoms in total. The normalized spacial score (nSPS) is 20.5. The van der Waals surface area contributed by atoms with Gasteiger partial charge in [-0.2, -0.15) is 4.99 Å². The SMILES string of the molecule is CC(C)C1=CC2C(=O)N=C(Cc3csc(C(C)C)n3)N=C2C=C1. The van der Waals surface area contributed by atoms with Crippen LogP contribution >= 0.6 is 11.3 Å². The molecule has 23 heavy (non-hydrogen) atoms. The number of thiazole rings is 1. The fourth-order valence-electron chi connectivity index (χ4n) is 2.59. The Morgan fingerprint density at radius 3 is 2.57 bits per heavy atom. The van der Waals surface area contributed by atoms with Crippen LogP contribution < -0.4 is 0 Å². The van der Waals surface area contributed by atoms with Crippen LogP contribution in [0.4, 0.5) is 0 Å². The second kappa shape index (κ2) is 6.32. The van der Waals surface area contributed by atoms with E-state index in [0.717, 1.165) is 16.4 Å². The number of amides is 1. The van der Waals surface area contributed by atoms with E-state index >= 15 is 0 Å². The van der Waals surface area contributed by atoms with Crippen LogP contribution in [-0.4, -0.2) is 22.4 Å². The molecule has 2 heterocycles. The number of aliphatic imine (C=N–C) groups is 2. The van der Waals surface area contributed by atoms with E-state index in [1.807, 2.05) is 17.5 Å². The lowest BCUT2D eigenvalue weighted by molar-refractivity contribution is -0.118. The molecule has 0 aromatic carbocycles. The van der Waals surface area contributed by atoms with Crippen molar-refractivity contribution in [3.8, 4) is 0 Å². The van der Waals surface area contributed by atoms with E-state index in [2.05, 4.69) is 48.7 Å². The zero-order valence-electron chi connectivity index (χ0n) is 13.9. The predicted molar refractivity (Wildman–Crippen MR) is 95.3 cm³/mol. The van der Waals surface area contributed by atoms with Crippen LogP contribution in [0.5, 0.6) is 0 Å². The van der Waals surface area contributed by atoms with E-state index in [1.165, 1.54) is 5.57 Å². The van der Waals surface area contributed by atoms with Crippen molar-refractivity contribution in [2.24, 2.45) is 21.8 Å². The molecule has 0 saturated heterocycles. The number of hydrogen-bond acceptors (Lipinski definition) is 4. The Morgan fingerprint density at radius 2 is 1.91 bits per heavy atom. The second-order valence-corrected chi connectivity index (χ2v) is 7.43. The lowest BCUT2D eigenvalue weighted by atomic mass is 9.88. The summed E-state index contributed by atoms with van der Waals surface area (Å²) >= 11 is 1.65. The minimum Gasteiger partial charge on any atom is -0.271 e. The molecule has 0 radical (unpaired) electrons. The van der Waals surface area contributed by atoms with Crippen LogP contribution in [0, 0.1) is 11.8 Å². The molecule has 1 amide bonds. The predicted octanol–water partition coefficient (Wildman–Crippen LogP) is 3.96. The molecule has 1 aromatic rings. The average Bonchev–Trinajstić information content (AvgIpc) is 2.95. The maximum atomic E-state index is 12.3. The third-order valence-electron chi connectivity index (χ3n) is 3.96. The van der Waals surface area contributed by atoms with E-state index in [1.54, 1.807) is 11.3 Å². The van der Waals surface area contributed by atoms with E-state index in [-0.39, 0.29) is 11.8 Å². The molecule has 1 unspecified atom stereocenters. The quantitative estimate of drug-likeness (QED) is 0.840. The van der Waals surface area contributed by atoms with Gasteiger partial charge in [0.2, 0.25) is 0 Å². The topological polar surface area (TPSA) is 54.7 Å². The van der Waals surface area contributed by atoms with Crippen LogP contribution in [0.1, 0.15) is 44.3 Å². The summed E-state index contributed by atoms with van der Waals surface area (Å²) in [6.45, 7) is 8.49. The van der Waals surface area contributed by atoms with Gasteiger partial charge in [-0.3, -0.25) is 4.79 Å². The van der Waals surface area contributed by atoms with E-state index in [0.29, 0.717) is 24.1 Å². The molecule has 1 atom stereocenters. The zero-order chi connectivity index (χ0) is 16.6. The van der Waals surface area contributed by atoms with Crippen LogP contribution in [-0.2, 0) is 11.2 Å². The van der Waals surface area contributed by atoms with Gasteiger partial charge in [0.25, 0.3) is 5.91 Å². The van der Waals surface area contributed by atoms with Gasteiger partial charge in [0.05, 0.1) is 22.8 Å². The molecular weight excluding hydrogens is 306 g/mol. The molecule has 1 aliphatic heterocycles. The third kappa shape index (κ3) is 3.39. The highest BCUT2D eigenvalue weighted by molar-refractivity contribution is 7.09.